The molecule has 4 fully saturated rings. The molecule has 1 aliphatic heterocycles. The Labute approximate surface area is 261 Å². The Morgan fingerprint density at radius 1 is 1.20 bits per heavy atom. The van der Waals surface area contributed by atoms with Crippen molar-refractivity contribution in [3.8, 4) is 5.75 Å². The molecule has 232 valence electrons. The predicted octanol–water partition coefficient (Wildman–Crippen LogP) is 5.10. The van der Waals surface area contributed by atoms with Crippen molar-refractivity contribution >= 4 is 28.9 Å². The number of carbonyl (C=O) groups is 2. The van der Waals surface area contributed by atoms with E-state index in [9.17, 15) is 19.8 Å². The summed E-state index contributed by atoms with van der Waals surface area (Å²) in [4.78, 5) is 26.0. The number of ether oxygens (including phenoxy) is 3. The first-order valence-electron chi connectivity index (χ1n) is 15.4. The highest BCUT2D eigenvalue weighted by Gasteiger charge is 2.76. The number of aliphatic hydroxyl groups excluding tert-OH is 2. The lowest BCUT2D eigenvalue weighted by Crippen LogP contribution is -2.63. The minimum absolute atomic E-state index is 0.00482. The highest BCUT2D eigenvalue weighted by molar-refractivity contribution is 6.32. The standard InChI is InChI=1S/C35H38ClNO7/c1-33-12-11-22(39)14-20(33)9-10-23-25-15-29-35(28(41)17-38,34(25,2)16-26(40)30(23)33)44-32(43-29)24-7-4-8-27(31(24)36)42-18-19-5-3-6-21(37)13-19/h3-8,11-14,23,25-26,29-30,32,38,40H,9-10,15-18,37H2,1-2H3/t23-,25-,26-,29+,30+,32-,33-,34-,35+/m0/s1. The van der Waals surface area contributed by atoms with Gasteiger partial charge in [-0.2, -0.15) is 0 Å². The van der Waals surface area contributed by atoms with Crippen molar-refractivity contribution in [3.05, 3.63) is 82.4 Å². The summed E-state index contributed by atoms with van der Waals surface area (Å²) in [6.45, 7) is 3.68. The summed E-state index contributed by atoms with van der Waals surface area (Å²) in [5.41, 5.74) is 6.34. The van der Waals surface area contributed by atoms with Crippen molar-refractivity contribution in [1.29, 1.82) is 0 Å². The number of aliphatic hydroxyl groups is 2. The minimum Gasteiger partial charge on any atom is -0.487 e. The normalized spacial score (nSPS) is 38.8. The Morgan fingerprint density at radius 3 is 2.77 bits per heavy atom. The van der Waals surface area contributed by atoms with Gasteiger partial charge in [0.2, 0.25) is 0 Å². The smallest absolute Gasteiger partial charge is 0.193 e. The van der Waals surface area contributed by atoms with Crippen molar-refractivity contribution in [2.24, 2.45) is 28.6 Å². The van der Waals surface area contributed by atoms with E-state index in [1.54, 1.807) is 36.4 Å². The third kappa shape index (κ3) is 4.18. The zero-order valence-corrected chi connectivity index (χ0v) is 25.6. The molecule has 2 aromatic carbocycles. The molecule has 5 aliphatic rings. The molecule has 0 unspecified atom stereocenters. The number of Topliss-reactive ketones (excluding diaryl/α,β-unsaturated/α-hetero) is 1. The number of carbonyl (C=O) groups excluding carboxylic acids is 2. The first-order valence-corrected chi connectivity index (χ1v) is 15.7. The first-order chi connectivity index (χ1) is 21.0. The molecule has 2 aromatic rings. The van der Waals surface area contributed by atoms with Gasteiger partial charge in [0.15, 0.2) is 23.5 Å². The van der Waals surface area contributed by atoms with Crippen molar-refractivity contribution in [3.63, 3.8) is 0 Å². The SMILES string of the molecule is C[C@]12C=CC(=O)C=C1CC[C@@H]1[C@@H]2[C@@H](O)C[C@@]2(C)[C@H]1C[C@H]1O[C@H](c3cccc(OCc4cccc(N)c4)c3Cl)O[C@]12C(=O)CO. The predicted molar refractivity (Wildman–Crippen MR) is 164 cm³/mol. The lowest BCUT2D eigenvalue weighted by Gasteiger charge is -2.59. The Hall–Kier alpha value is -3.01. The van der Waals surface area contributed by atoms with Crippen LogP contribution in [-0.2, 0) is 25.7 Å². The van der Waals surface area contributed by atoms with Gasteiger partial charge in [-0.05, 0) is 73.4 Å². The number of fused-ring (bicyclic) bond motifs is 7. The molecule has 4 N–H and O–H groups in total. The zero-order chi connectivity index (χ0) is 31.0. The summed E-state index contributed by atoms with van der Waals surface area (Å²) >= 11 is 6.86. The maximum atomic E-state index is 13.8. The number of allylic oxidation sites excluding steroid dienone is 4. The van der Waals surface area contributed by atoms with E-state index in [1.165, 1.54) is 0 Å². The summed E-state index contributed by atoms with van der Waals surface area (Å²) < 4.78 is 19.3. The van der Waals surface area contributed by atoms with Crippen LogP contribution in [0.15, 0.2) is 66.3 Å². The van der Waals surface area contributed by atoms with E-state index in [0.29, 0.717) is 34.9 Å². The van der Waals surface area contributed by atoms with Gasteiger partial charge in [-0.15, -0.1) is 0 Å². The molecule has 4 aliphatic carbocycles. The fourth-order valence-corrected chi connectivity index (χ4v) is 9.76. The van der Waals surface area contributed by atoms with Gasteiger partial charge in [0.05, 0.1) is 17.2 Å². The Balaban J connectivity index is 1.19. The third-order valence-corrected chi connectivity index (χ3v) is 11.8. The first kappa shape index (κ1) is 29.7. The van der Waals surface area contributed by atoms with Crippen LogP contribution in [0.1, 0.15) is 56.9 Å². The molecule has 3 saturated carbocycles. The van der Waals surface area contributed by atoms with E-state index in [2.05, 4.69) is 6.92 Å². The van der Waals surface area contributed by atoms with Gasteiger partial charge in [0.25, 0.3) is 0 Å². The van der Waals surface area contributed by atoms with Crippen molar-refractivity contribution in [2.75, 3.05) is 12.3 Å². The molecule has 1 saturated heterocycles. The van der Waals surface area contributed by atoms with Gasteiger partial charge in [-0.25, -0.2) is 0 Å². The van der Waals surface area contributed by atoms with Gasteiger partial charge in [0, 0.05) is 28.0 Å². The Kier molecular flexibility index (Phi) is 7.10. The summed E-state index contributed by atoms with van der Waals surface area (Å²) in [5, 5.41) is 22.4. The fourth-order valence-electron chi connectivity index (χ4n) is 9.49. The van der Waals surface area contributed by atoms with Gasteiger partial charge in [-0.1, -0.05) is 61.4 Å². The fraction of sp³-hybridized carbons (Fsp3) is 0.486. The average Bonchev–Trinajstić information content (AvgIpc) is 3.49. The lowest BCUT2D eigenvalue weighted by atomic mass is 9.46. The zero-order valence-electron chi connectivity index (χ0n) is 24.9. The molecule has 1 heterocycles. The number of ketones is 2. The Bertz CT molecular complexity index is 1590. The number of halogens is 1. The second kappa shape index (κ2) is 10.5. The molecular weight excluding hydrogens is 582 g/mol. The minimum atomic E-state index is -1.46. The van der Waals surface area contributed by atoms with Gasteiger partial charge >= 0.3 is 0 Å². The number of rotatable bonds is 6. The van der Waals surface area contributed by atoms with Crippen LogP contribution >= 0.6 is 11.6 Å². The second-order valence-electron chi connectivity index (χ2n) is 13.5. The monoisotopic (exact) mass is 619 g/mol. The molecule has 44 heavy (non-hydrogen) atoms. The van der Waals surface area contributed by atoms with Crippen molar-refractivity contribution in [2.45, 2.75) is 70.2 Å². The van der Waals surface area contributed by atoms with Gasteiger partial charge < -0.3 is 30.2 Å². The van der Waals surface area contributed by atoms with Crippen LogP contribution in [0.3, 0.4) is 0 Å². The quantitative estimate of drug-likeness (QED) is 0.381. The third-order valence-electron chi connectivity index (χ3n) is 11.4. The summed E-state index contributed by atoms with van der Waals surface area (Å²) in [6.07, 6.45) is 5.36. The van der Waals surface area contributed by atoms with E-state index in [0.717, 1.165) is 24.0 Å². The van der Waals surface area contributed by atoms with Crippen LogP contribution in [0.2, 0.25) is 5.02 Å². The largest absolute Gasteiger partial charge is 0.487 e. The van der Waals surface area contributed by atoms with Crippen molar-refractivity contribution < 1.29 is 34.0 Å². The maximum absolute atomic E-state index is 13.8. The number of benzene rings is 2. The van der Waals surface area contributed by atoms with Crippen LogP contribution in [0.4, 0.5) is 5.69 Å². The molecule has 9 heteroatoms. The van der Waals surface area contributed by atoms with E-state index >= 15 is 0 Å². The van der Waals surface area contributed by atoms with Crippen LogP contribution in [-0.4, -0.2) is 46.2 Å². The summed E-state index contributed by atoms with van der Waals surface area (Å²) in [7, 11) is 0. The molecule has 0 aromatic heterocycles. The lowest BCUT2D eigenvalue weighted by molar-refractivity contribution is -0.201. The maximum Gasteiger partial charge on any atom is 0.193 e. The van der Waals surface area contributed by atoms with Crippen LogP contribution in [0.25, 0.3) is 0 Å². The van der Waals surface area contributed by atoms with E-state index in [-0.39, 0.29) is 30.1 Å². The number of nitrogen functional groups attached to an aromatic ring is 1. The Morgan fingerprint density at radius 2 is 2.00 bits per heavy atom. The van der Waals surface area contributed by atoms with E-state index in [1.807, 2.05) is 31.2 Å². The van der Waals surface area contributed by atoms with Crippen LogP contribution in [0.5, 0.6) is 5.75 Å². The molecular formula is C35H38ClNO7. The topological polar surface area (TPSA) is 128 Å². The van der Waals surface area contributed by atoms with Gasteiger partial charge in [0.1, 0.15) is 19.0 Å². The molecule has 0 spiro atoms. The van der Waals surface area contributed by atoms with E-state index < -0.39 is 47.3 Å². The number of anilines is 1. The van der Waals surface area contributed by atoms with Gasteiger partial charge in [-0.3, -0.25) is 9.59 Å². The number of nitrogens with two attached hydrogens (primary N) is 1. The molecule has 0 bridgehead atoms. The van der Waals surface area contributed by atoms with Crippen molar-refractivity contribution in [1.82, 2.24) is 0 Å². The molecule has 0 radical (unpaired) electrons. The summed E-state index contributed by atoms with van der Waals surface area (Å²) in [6, 6.07) is 12.8. The average molecular weight is 620 g/mol. The summed E-state index contributed by atoms with van der Waals surface area (Å²) in [5.74, 6) is -0.0435. The van der Waals surface area contributed by atoms with Crippen LogP contribution < -0.4 is 10.5 Å². The highest BCUT2D eigenvalue weighted by atomic mass is 35.5. The molecule has 0 amide bonds. The van der Waals surface area contributed by atoms with E-state index in [4.69, 9.17) is 31.5 Å². The highest BCUT2D eigenvalue weighted by Crippen LogP contribution is 2.70. The number of hydrogen-bond donors (Lipinski definition) is 3. The number of hydrogen-bond acceptors (Lipinski definition) is 8. The molecule has 7 rings (SSSR count). The van der Waals surface area contributed by atoms with Crippen LogP contribution in [0, 0.1) is 28.6 Å². The molecule has 9 atom stereocenters. The second-order valence-corrected chi connectivity index (χ2v) is 13.9. The molecule has 8 nitrogen and oxygen atoms in total.